The van der Waals surface area contributed by atoms with Gasteiger partial charge >= 0.3 is 0 Å². The Bertz CT molecular complexity index is 1210. The number of carbonyl (C=O) groups is 1. The molecule has 2 atom stereocenters. The number of rotatable bonds is 6. The molecule has 4 heterocycles. The lowest BCUT2D eigenvalue weighted by molar-refractivity contribution is 0.0342. The highest BCUT2D eigenvalue weighted by molar-refractivity contribution is 6.06. The molecule has 4 N–H and O–H groups in total. The number of nitrogens with two attached hydrogens (primary N) is 1. The third-order valence-corrected chi connectivity index (χ3v) is 7.05. The zero-order chi connectivity index (χ0) is 22.4. The summed E-state index contributed by atoms with van der Waals surface area (Å²) in [7, 11) is 0. The van der Waals surface area contributed by atoms with Crippen molar-refractivity contribution in [2.24, 2.45) is 11.7 Å². The summed E-state index contributed by atoms with van der Waals surface area (Å²) in [5, 5.41) is 7.01. The van der Waals surface area contributed by atoms with Gasteiger partial charge in [0, 0.05) is 38.3 Å². The van der Waals surface area contributed by atoms with Gasteiger partial charge in [-0.25, -0.2) is 15.0 Å². The fraction of sp³-hybridized carbons (Fsp3) is 0.417. The second kappa shape index (κ2) is 8.02. The summed E-state index contributed by atoms with van der Waals surface area (Å²) in [4.78, 5) is 28.4. The van der Waals surface area contributed by atoms with Crippen LogP contribution in [-0.2, 0) is 11.3 Å². The molecular weight excluding hydrogens is 418 g/mol. The lowest BCUT2D eigenvalue weighted by Gasteiger charge is -2.26. The second-order valence-corrected chi connectivity index (χ2v) is 9.24. The molecule has 1 saturated carbocycles. The van der Waals surface area contributed by atoms with Crippen LogP contribution in [0.4, 0.5) is 5.82 Å². The van der Waals surface area contributed by atoms with Gasteiger partial charge in [0.25, 0.3) is 5.91 Å². The Morgan fingerprint density at radius 1 is 1.21 bits per heavy atom. The van der Waals surface area contributed by atoms with Crippen LogP contribution in [0.5, 0.6) is 0 Å². The van der Waals surface area contributed by atoms with E-state index in [9.17, 15) is 4.79 Å². The first kappa shape index (κ1) is 20.5. The van der Waals surface area contributed by atoms with Gasteiger partial charge in [-0.1, -0.05) is 24.3 Å². The Labute approximate surface area is 191 Å². The predicted octanol–water partition coefficient (Wildman–Crippen LogP) is 1.40. The molecule has 0 bridgehead atoms. The van der Waals surface area contributed by atoms with Gasteiger partial charge in [0.15, 0.2) is 5.82 Å². The Hall–Kier alpha value is -3.14. The van der Waals surface area contributed by atoms with Gasteiger partial charge in [0.1, 0.15) is 17.4 Å². The van der Waals surface area contributed by atoms with Crippen LogP contribution in [0.1, 0.15) is 22.3 Å². The molecule has 0 radical (unpaired) electrons. The molecule has 33 heavy (non-hydrogen) atoms. The molecule has 2 aliphatic heterocycles. The lowest BCUT2D eigenvalue weighted by atomic mass is 10.0. The van der Waals surface area contributed by atoms with Crippen molar-refractivity contribution >= 4 is 22.8 Å². The molecule has 170 valence electrons. The van der Waals surface area contributed by atoms with Gasteiger partial charge in [-0.15, -0.1) is 0 Å². The van der Waals surface area contributed by atoms with Crippen molar-refractivity contribution in [3.63, 3.8) is 0 Å². The van der Waals surface area contributed by atoms with Crippen molar-refractivity contribution in [3.05, 3.63) is 47.8 Å². The van der Waals surface area contributed by atoms with E-state index in [2.05, 4.69) is 37.6 Å². The third kappa shape index (κ3) is 3.82. The zero-order valence-corrected chi connectivity index (χ0v) is 18.4. The van der Waals surface area contributed by atoms with Gasteiger partial charge in [0.05, 0.1) is 30.0 Å². The lowest BCUT2D eigenvalue weighted by Crippen LogP contribution is -2.35. The average molecular weight is 446 g/mol. The maximum absolute atomic E-state index is 12.3. The zero-order valence-electron chi connectivity index (χ0n) is 18.4. The first-order chi connectivity index (χ1) is 16.1. The number of hydrogen-bond acceptors (Lipinski definition) is 8. The highest BCUT2D eigenvalue weighted by atomic mass is 16.5. The molecule has 3 aromatic rings. The number of morpholine rings is 1. The van der Waals surface area contributed by atoms with Gasteiger partial charge in [-0.3, -0.25) is 9.69 Å². The minimum Gasteiger partial charge on any atom is -0.379 e. The Morgan fingerprint density at radius 3 is 2.73 bits per heavy atom. The summed E-state index contributed by atoms with van der Waals surface area (Å²) >= 11 is 0. The molecule has 1 amide bonds. The highest BCUT2D eigenvalue weighted by Gasteiger charge is 2.57. The van der Waals surface area contributed by atoms with E-state index in [-0.39, 0.29) is 5.54 Å². The summed E-state index contributed by atoms with van der Waals surface area (Å²) in [6.45, 7) is 6.26. The van der Waals surface area contributed by atoms with Gasteiger partial charge < -0.3 is 21.1 Å². The number of carbonyl (C=O) groups excluding carboxylic acids is 1. The molecule has 9 nitrogen and oxygen atoms in total. The van der Waals surface area contributed by atoms with Crippen LogP contribution >= 0.6 is 0 Å². The minimum absolute atomic E-state index is 0.0208. The standard InChI is InChI=1S/C24H27N7O2/c25-22(32)18-9-19(16-3-1-15(2-4-16)12-31-5-7-33-8-6-31)29-21-20(18)27-14-28-23(21)30-24-10-17(24)11-26-13-24/h1-4,9,14,17,26H,5-8,10-13H2,(H2,25,32)(H,27,28,30). The normalized spacial score (nSPS) is 24.5. The van der Waals surface area contributed by atoms with Crippen molar-refractivity contribution < 1.29 is 9.53 Å². The van der Waals surface area contributed by atoms with E-state index in [0.717, 1.165) is 57.9 Å². The molecule has 9 heteroatoms. The average Bonchev–Trinajstić information content (AvgIpc) is 3.37. The number of aromatic nitrogens is 3. The second-order valence-electron chi connectivity index (χ2n) is 9.24. The first-order valence-electron chi connectivity index (χ1n) is 11.5. The Balaban J connectivity index is 1.34. The van der Waals surface area contributed by atoms with Crippen LogP contribution in [0, 0.1) is 5.92 Å². The summed E-state index contributed by atoms with van der Waals surface area (Å²) in [6.07, 6.45) is 2.58. The summed E-state index contributed by atoms with van der Waals surface area (Å²) in [6, 6.07) is 10.0. The Morgan fingerprint density at radius 2 is 2.03 bits per heavy atom. The molecule has 1 aliphatic carbocycles. The van der Waals surface area contributed by atoms with Crippen LogP contribution in [0.2, 0.25) is 0 Å². The van der Waals surface area contributed by atoms with Crippen LogP contribution in [0.25, 0.3) is 22.3 Å². The molecule has 6 rings (SSSR count). The topological polar surface area (TPSA) is 118 Å². The van der Waals surface area contributed by atoms with Crippen LogP contribution in [0.15, 0.2) is 36.7 Å². The quantitative estimate of drug-likeness (QED) is 0.521. The molecule has 2 unspecified atom stereocenters. The maximum atomic E-state index is 12.3. The van der Waals surface area contributed by atoms with Crippen molar-refractivity contribution in [3.8, 4) is 11.3 Å². The van der Waals surface area contributed by atoms with E-state index in [0.29, 0.717) is 34.0 Å². The smallest absolute Gasteiger partial charge is 0.251 e. The van der Waals surface area contributed by atoms with Crippen LogP contribution in [-0.4, -0.2) is 70.7 Å². The predicted molar refractivity (Wildman–Crippen MR) is 125 cm³/mol. The summed E-state index contributed by atoms with van der Waals surface area (Å²) in [5.74, 6) is 0.724. The molecule has 3 fully saturated rings. The van der Waals surface area contributed by atoms with Crippen molar-refractivity contribution in [2.75, 3.05) is 44.7 Å². The number of amides is 1. The van der Waals surface area contributed by atoms with E-state index in [1.165, 1.54) is 11.9 Å². The molecule has 2 aromatic heterocycles. The number of primary amides is 1. The number of fused-ring (bicyclic) bond motifs is 2. The van der Waals surface area contributed by atoms with Crippen LogP contribution in [0.3, 0.4) is 0 Å². The van der Waals surface area contributed by atoms with E-state index >= 15 is 0 Å². The molecule has 2 saturated heterocycles. The fourth-order valence-electron chi connectivity index (χ4n) is 5.03. The number of pyridine rings is 1. The number of piperidine rings is 1. The van der Waals surface area contributed by atoms with Gasteiger partial charge in [-0.2, -0.15) is 0 Å². The molecule has 3 aliphatic rings. The van der Waals surface area contributed by atoms with Crippen LogP contribution < -0.4 is 16.4 Å². The summed E-state index contributed by atoms with van der Waals surface area (Å²) < 4.78 is 5.43. The van der Waals surface area contributed by atoms with Gasteiger partial charge in [-0.05, 0) is 24.0 Å². The SMILES string of the molecule is NC(=O)c1cc(-c2ccc(CN3CCOCC3)cc2)nc2c(NC34CNCC3C4)ncnc12. The fourth-order valence-corrected chi connectivity index (χ4v) is 5.03. The van der Waals surface area contributed by atoms with Crippen molar-refractivity contribution in [1.29, 1.82) is 0 Å². The first-order valence-corrected chi connectivity index (χ1v) is 11.5. The Kier molecular flexibility index (Phi) is 4.97. The van der Waals surface area contributed by atoms with Crippen molar-refractivity contribution in [1.82, 2.24) is 25.2 Å². The van der Waals surface area contributed by atoms with E-state index < -0.39 is 5.91 Å². The number of nitrogens with one attached hydrogen (secondary N) is 2. The van der Waals surface area contributed by atoms with E-state index in [1.807, 2.05) is 12.1 Å². The molecular formula is C24H27N7O2. The number of nitrogens with zero attached hydrogens (tertiary/aromatic N) is 4. The third-order valence-electron chi connectivity index (χ3n) is 7.05. The van der Waals surface area contributed by atoms with Crippen molar-refractivity contribution in [2.45, 2.75) is 18.5 Å². The molecule has 0 spiro atoms. The monoisotopic (exact) mass is 445 g/mol. The maximum Gasteiger partial charge on any atom is 0.251 e. The number of ether oxygens (including phenoxy) is 1. The number of anilines is 1. The van der Waals surface area contributed by atoms with Gasteiger partial charge in [0.2, 0.25) is 0 Å². The highest BCUT2D eigenvalue weighted by Crippen LogP contribution is 2.48. The van der Waals surface area contributed by atoms with E-state index in [4.69, 9.17) is 15.5 Å². The minimum atomic E-state index is -0.526. The largest absolute Gasteiger partial charge is 0.379 e. The summed E-state index contributed by atoms with van der Waals surface area (Å²) in [5.41, 5.74) is 9.99. The number of benzene rings is 1. The number of hydrogen-bond donors (Lipinski definition) is 3. The molecule has 1 aromatic carbocycles. The van der Waals surface area contributed by atoms with E-state index in [1.54, 1.807) is 6.07 Å².